The van der Waals surface area contributed by atoms with Crippen LogP contribution >= 0.6 is 0 Å². The fourth-order valence-corrected chi connectivity index (χ4v) is 11.3. The molecular formula is C52H64N4O4. The Labute approximate surface area is 352 Å². The number of aromatic hydroxyl groups is 2. The van der Waals surface area contributed by atoms with Crippen LogP contribution in [-0.2, 0) is 13.1 Å². The maximum atomic E-state index is 14.9. The molecule has 7 aromatic rings. The van der Waals surface area contributed by atoms with Crippen LogP contribution in [0.4, 0.5) is 0 Å². The second-order valence-corrected chi connectivity index (χ2v) is 18.6. The van der Waals surface area contributed by atoms with Gasteiger partial charge < -0.3 is 10.2 Å². The Morgan fingerprint density at radius 2 is 0.917 bits per heavy atom. The molecule has 8 heteroatoms. The first-order chi connectivity index (χ1) is 29.3. The summed E-state index contributed by atoms with van der Waals surface area (Å²) in [6.07, 6.45) is 19.2. The van der Waals surface area contributed by atoms with Crippen molar-refractivity contribution in [3.8, 4) is 11.8 Å². The molecular weight excluding hydrogens is 745 g/mol. The smallest absolute Gasteiger partial charge is 0.261 e. The van der Waals surface area contributed by atoms with Gasteiger partial charge in [0.1, 0.15) is 0 Å². The number of hydrogen-bond donors (Lipinski definition) is 2. The number of fused-ring (bicyclic) bond motifs is 2. The lowest BCUT2D eigenvalue weighted by Crippen LogP contribution is -2.27. The van der Waals surface area contributed by atoms with Gasteiger partial charge in [-0.05, 0) is 85.4 Å². The van der Waals surface area contributed by atoms with Crippen molar-refractivity contribution in [3.63, 3.8) is 0 Å². The lowest BCUT2D eigenvalue weighted by molar-refractivity contribution is 0.344. The van der Waals surface area contributed by atoms with Crippen LogP contribution in [0.25, 0.3) is 64.6 Å². The van der Waals surface area contributed by atoms with E-state index in [0.717, 1.165) is 157 Å². The highest BCUT2D eigenvalue weighted by Crippen LogP contribution is 2.45. The molecule has 0 radical (unpaired) electrons. The monoisotopic (exact) mass is 808 g/mol. The third-order valence-corrected chi connectivity index (χ3v) is 14.8. The van der Waals surface area contributed by atoms with Crippen molar-refractivity contribution in [1.82, 2.24) is 9.13 Å². The van der Waals surface area contributed by atoms with Crippen LogP contribution in [0.2, 0.25) is 0 Å². The predicted molar refractivity (Wildman–Crippen MR) is 248 cm³/mol. The molecule has 2 unspecified atom stereocenters. The predicted octanol–water partition coefficient (Wildman–Crippen LogP) is 11.6. The van der Waals surface area contributed by atoms with Crippen LogP contribution < -0.4 is 21.8 Å². The minimum Gasteiger partial charge on any atom is -0.494 e. The molecule has 2 aromatic heterocycles. The highest BCUT2D eigenvalue weighted by atomic mass is 16.3. The van der Waals surface area contributed by atoms with Crippen LogP contribution in [0.15, 0.2) is 56.0 Å². The van der Waals surface area contributed by atoms with Crippen LogP contribution in [0.3, 0.4) is 0 Å². The molecule has 0 saturated heterocycles. The molecule has 0 bridgehead atoms. The van der Waals surface area contributed by atoms with Gasteiger partial charge in [-0.3, -0.25) is 28.7 Å². The molecule has 0 spiro atoms. The summed E-state index contributed by atoms with van der Waals surface area (Å²) in [5.74, 6) is 0.607. The van der Waals surface area contributed by atoms with Crippen molar-refractivity contribution < 1.29 is 10.2 Å². The fraction of sp³-hybridized carbons (Fsp3) is 0.538. The third-order valence-electron chi connectivity index (χ3n) is 14.8. The highest BCUT2D eigenvalue weighted by Gasteiger charge is 2.28. The van der Waals surface area contributed by atoms with E-state index in [-0.39, 0.29) is 46.8 Å². The summed E-state index contributed by atoms with van der Waals surface area (Å²) in [5, 5.41) is 35.5. The number of hydrogen-bond acceptors (Lipinski definition) is 6. The minimum absolute atomic E-state index is 0.0228. The summed E-state index contributed by atoms with van der Waals surface area (Å²) in [5.41, 5.74) is -0.340. The number of unbranched alkanes of at least 4 members (excludes halogenated alkanes) is 2. The number of rotatable bonds is 14. The van der Waals surface area contributed by atoms with Gasteiger partial charge in [0.25, 0.3) is 11.1 Å². The molecule has 5 aromatic carbocycles. The van der Waals surface area contributed by atoms with Crippen LogP contribution in [0.5, 0.6) is 11.8 Å². The molecule has 0 amide bonds. The van der Waals surface area contributed by atoms with E-state index in [1.165, 1.54) is 12.8 Å². The lowest BCUT2D eigenvalue weighted by Gasteiger charge is -2.24. The number of benzene rings is 5. The zero-order valence-corrected chi connectivity index (χ0v) is 36.4. The normalized spacial score (nSPS) is 17.9. The van der Waals surface area contributed by atoms with E-state index in [2.05, 4.69) is 39.8 Å². The molecule has 0 aliphatic heterocycles. The van der Waals surface area contributed by atoms with Gasteiger partial charge in [0.2, 0.25) is 11.8 Å². The van der Waals surface area contributed by atoms with Crippen molar-refractivity contribution in [3.05, 3.63) is 67.8 Å². The lowest BCUT2D eigenvalue weighted by atomic mass is 9.85. The third kappa shape index (κ3) is 6.90. The molecule has 2 fully saturated rings. The van der Waals surface area contributed by atoms with Gasteiger partial charge in [0, 0.05) is 56.2 Å². The second kappa shape index (κ2) is 17.0. The Hall–Kier alpha value is -4.72. The van der Waals surface area contributed by atoms with Gasteiger partial charge in [-0.25, -0.2) is 0 Å². The Kier molecular flexibility index (Phi) is 11.5. The van der Waals surface area contributed by atoms with E-state index in [9.17, 15) is 19.8 Å². The highest BCUT2D eigenvalue weighted by molar-refractivity contribution is 6.39. The fourth-order valence-electron chi connectivity index (χ4n) is 11.3. The minimum atomic E-state index is -0.170. The molecule has 316 valence electrons. The maximum absolute atomic E-state index is 14.9. The zero-order chi connectivity index (χ0) is 41.7. The van der Waals surface area contributed by atoms with Crippen LogP contribution in [0, 0.1) is 11.8 Å². The Bertz CT molecular complexity index is 2730. The molecule has 2 saturated carbocycles. The summed E-state index contributed by atoms with van der Waals surface area (Å²) < 4.78 is 3.25. The van der Waals surface area contributed by atoms with Gasteiger partial charge >= 0.3 is 0 Å². The van der Waals surface area contributed by atoms with Crippen molar-refractivity contribution in [2.24, 2.45) is 21.8 Å². The van der Waals surface area contributed by atoms with Gasteiger partial charge in [-0.1, -0.05) is 117 Å². The Morgan fingerprint density at radius 3 is 1.28 bits per heavy atom. The van der Waals surface area contributed by atoms with E-state index in [0.29, 0.717) is 34.6 Å². The number of pyridine rings is 2. The second-order valence-electron chi connectivity index (χ2n) is 18.6. The Balaban J connectivity index is 1.44. The molecule has 2 atom stereocenters. The van der Waals surface area contributed by atoms with Gasteiger partial charge in [0.15, 0.2) is 0 Å². The average molecular weight is 809 g/mol. The maximum Gasteiger partial charge on any atom is 0.261 e. The molecule has 8 nitrogen and oxygen atoms in total. The summed E-state index contributed by atoms with van der Waals surface area (Å²) in [6.45, 7) is 9.69. The van der Waals surface area contributed by atoms with Crippen molar-refractivity contribution in [1.29, 1.82) is 0 Å². The van der Waals surface area contributed by atoms with E-state index in [4.69, 9.17) is 9.98 Å². The van der Waals surface area contributed by atoms with E-state index < -0.39 is 0 Å². The van der Waals surface area contributed by atoms with Gasteiger partial charge in [-0.15, -0.1) is 0 Å². The molecule has 2 aliphatic carbocycles. The quantitative estimate of drug-likeness (QED) is 0.0842. The van der Waals surface area contributed by atoms with E-state index >= 15 is 0 Å². The summed E-state index contributed by atoms with van der Waals surface area (Å²) >= 11 is 0. The summed E-state index contributed by atoms with van der Waals surface area (Å²) in [4.78, 5) is 40.9. The molecule has 2 N–H and O–H groups in total. The van der Waals surface area contributed by atoms with Gasteiger partial charge in [0.05, 0.1) is 33.6 Å². The first kappa shape index (κ1) is 40.7. The first-order valence-electron chi connectivity index (χ1n) is 23.7. The summed E-state index contributed by atoms with van der Waals surface area (Å²) in [7, 11) is 0. The standard InChI is InChI=1S/C52H64N4O4/c1-5-9-17-31(7-3)29-55-49(57)37-25-23-35-46-42(54-34-21-15-12-16-22-34)28-40-44-38(50(58)56(52(40)60)30-32(8-4)18-10-6-2)26-24-36(48(44)46)45-41(53-33-19-13-11-14-20-33)27-39(51(55)59)43(37)47(35)45/h23-28,31-34,57-58H,5-22,29-30H2,1-4H3. The van der Waals surface area contributed by atoms with Crippen LogP contribution in [0.1, 0.15) is 143 Å². The number of aromatic nitrogens is 2. The topological polar surface area (TPSA) is 109 Å². The van der Waals surface area contributed by atoms with Gasteiger partial charge in [-0.2, -0.15) is 0 Å². The average Bonchev–Trinajstić information content (AvgIpc) is 3.27. The van der Waals surface area contributed by atoms with Crippen LogP contribution in [-0.4, -0.2) is 31.4 Å². The SMILES string of the molecule is CCCCC(CC)Cn1c(O)c2ccc3c4c(=NC5CCCCC5)cc5c(=O)n(CC(CC)CCCC)c(O)c6ccc(c7c(=NC8CCCCC8)cc(c1=O)c2c37)c4c65. The summed E-state index contributed by atoms with van der Waals surface area (Å²) in [6, 6.07) is 12.5. The van der Waals surface area contributed by atoms with Crippen molar-refractivity contribution >= 4 is 64.6 Å². The van der Waals surface area contributed by atoms with E-state index in [1.807, 2.05) is 24.3 Å². The molecule has 9 rings (SSSR count). The van der Waals surface area contributed by atoms with E-state index in [1.54, 1.807) is 9.13 Å². The zero-order valence-electron chi connectivity index (χ0n) is 36.4. The first-order valence-corrected chi connectivity index (χ1v) is 23.7. The van der Waals surface area contributed by atoms with Crippen molar-refractivity contribution in [2.45, 2.75) is 168 Å². The van der Waals surface area contributed by atoms with Crippen molar-refractivity contribution in [2.75, 3.05) is 0 Å². The Morgan fingerprint density at radius 1 is 0.533 bits per heavy atom. The molecule has 2 aliphatic rings. The molecule has 2 heterocycles. The molecule has 60 heavy (non-hydrogen) atoms. The largest absolute Gasteiger partial charge is 0.494 e. The number of nitrogens with zero attached hydrogens (tertiary/aromatic N) is 4.